The molecular weight excluding hydrogens is 202 g/mol. The van der Waals surface area contributed by atoms with Crippen LogP contribution in [0.2, 0.25) is 0 Å². The van der Waals surface area contributed by atoms with Crippen LogP contribution in [-0.2, 0) is 10.2 Å². The molecule has 0 spiro atoms. The van der Waals surface area contributed by atoms with Crippen LogP contribution >= 0.6 is 0 Å². The molecule has 0 aromatic heterocycles. The monoisotopic (exact) mass is 221 g/mol. The van der Waals surface area contributed by atoms with Crippen molar-refractivity contribution in [3.05, 3.63) is 34.9 Å². The lowest BCUT2D eigenvalue weighted by atomic mass is 9.78. The molecular formula is C13H19NO2. The maximum absolute atomic E-state index is 11.4. The zero-order valence-electron chi connectivity index (χ0n) is 10.1. The molecule has 0 bridgehead atoms. The van der Waals surface area contributed by atoms with Gasteiger partial charge in [-0.3, -0.25) is 4.79 Å². The number of hydrogen-bond donors (Lipinski definition) is 2. The van der Waals surface area contributed by atoms with E-state index in [0.29, 0.717) is 13.0 Å². The number of nitrogens with two attached hydrogens (primary N) is 1. The molecule has 1 unspecified atom stereocenters. The molecule has 1 rings (SSSR count). The molecule has 0 amide bonds. The van der Waals surface area contributed by atoms with Crippen LogP contribution in [0, 0.1) is 13.8 Å². The van der Waals surface area contributed by atoms with E-state index >= 15 is 0 Å². The van der Waals surface area contributed by atoms with Gasteiger partial charge in [-0.1, -0.05) is 18.2 Å². The highest BCUT2D eigenvalue weighted by atomic mass is 16.4. The fourth-order valence-corrected chi connectivity index (χ4v) is 1.75. The minimum absolute atomic E-state index is 0.371. The van der Waals surface area contributed by atoms with Gasteiger partial charge in [0.15, 0.2) is 0 Å². The number of aryl methyl sites for hydroxylation is 2. The van der Waals surface area contributed by atoms with E-state index in [1.54, 1.807) is 6.92 Å². The Morgan fingerprint density at radius 3 is 2.44 bits per heavy atom. The number of rotatable bonds is 4. The normalized spacial score (nSPS) is 14.5. The van der Waals surface area contributed by atoms with E-state index in [1.807, 2.05) is 32.0 Å². The minimum atomic E-state index is -0.882. The molecule has 16 heavy (non-hydrogen) atoms. The standard InChI is InChI=1S/C13H19NO2/c1-9-4-5-11(8-10(9)2)13(3,6-7-14)12(15)16/h4-5,8H,6-7,14H2,1-3H3,(H,15,16). The highest BCUT2D eigenvalue weighted by molar-refractivity contribution is 5.81. The second-order valence-corrected chi connectivity index (χ2v) is 4.47. The number of benzene rings is 1. The van der Waals surface area contributed by atoms with E-state index in [0.717, 1.165) is 11.1 Å². The molecule has 3 N–H and O–H groups in total. The topological polar surface area (TPSA) is 63.3 Å². The van der Waals surface area contributed by atoms with Gasteiger partial charge in [0.25, 0.3) is 0 Å². The summed E-state index contributed by atoms with van der Waals surface area (Å²) < 4.78 is 0. The molecule has 0 aliphatic carbocycles. The van der Waals surface area contributed by atoms with Gasteiger partial charge in [0.2, 0.25) is 0 Å². The largest absolute Gasteiger partial charge is 0.481 e. The van der Waals surface area contributed by atoms with Gasteiger partial charge in [0, 0.05) is 0 Å². The summed E-state index contributed by atoms with van der Waals surface area (Å²) >= 11 is 0. The fourth-order valence-electron chi connectivity index (χ4n) is 1.75. The van der Waals surface area contributed by atoms with Crippen molar-refractivity contribution < 1.29 is 9.90 Å². The smallest absolute Gasteiger partial charge is 0.313 e. The summed E-state index contributed by atoms with van der Waals surface area (Å²) in [6.45, 7) is 6.10. The van der Waals surface area contributed by atoms with E-state index in [9.17, 15) is 9.90 Å². The summed E-state index contributed by atoms with van der Waals surface area (Å²) in [5, 5.41) is 9.32. The van der Waals surface area contributed by atoms with Gasteiger partial charge in [0.1, 0.15) is 0 Å². The van der Waals surface area contributed by atoms with E-state index < -0.39 is 11.4 Å². The molecule has 0 aliphatic heterocycles. The van der Waals surface area contributed by atoms with Gasteiger partial charge in [-0.2, -0.15) is 0 Å². The van der Waals surface area contributed by atoms with Gasteiger partial charge in [0.05, 0.1) is 5.41 Å². The van der Waals surface area contributed by atoms with Crippen LogP contribution in [0.15, 0.2) is 18.2 Å². The number of aliphatic carboxylic acids is 1. The summed E-state index contributed by atoms with van der Waals surface area (Å²) in [5.41, 5.74) is 7.72. The maximum Gasteiger partial charge on any atom is 0.313 e. The summed E-state index contributed by atoms with van der Waals surface area (Å²) in [6.07, 6.45) is 0.449. The Hall–Kier alpha value is -1.35. The van der Waals surface area contributed by atoms with Crippen LogP contribution in [0.3, 0.4) is 0 Å². The summed E-state index contributed by atoms with van der Waals surface area (Å²) in [6, 6.07) is 5.79. The van der Waals surface area contributed by atoms with Crippen LogP contribution in [-0.4, -0.2) is 17.6 Å². The zero-order chi connectivity index (χ0) is 12.3. The van der Waals surface area contributed by atoms with E-state index in [2.05, 4.69) is 0 Å². The van der Waals surface area contributed by atoms with Crippen molar-refractivity contribution in [2.45, 2.75) is 32.6 Å². The van der Waals surface area contributed by atoms with Crippen molar-refractivity contribution in [2.75, 3.05) is 6.54 Å². The van der Waals surface area contributed by atoms with E-state index in [-0.39, 0.29) is 0 Å². The molecule has 3 heteroatoms. The van der Waals surface area contributed by atoms with Gasteiger partial charge in [-0.25, -0.2) is 0 Å². The van der Waals surface area contributed by atoms with E-state index in [1.165, 1.54) is 5.56 Å². The van der Waals surface area contributed by atoms with Crippen molar-refractivity contribution in [3.8, 4) is 0 Å². The third kappa shape index (κ3) is 2.25. The summed E-state index contributed by atoms with van der Waals surface area (Å²) in [7, 11) is 0. The van der Waals surface area contributed by atoms with Crippen LogP contribution in [0.5, 0.6) is 0 Å². The molecule has 0 saturated heterocycles. The van der Waals surface area contributed by atoms with E-state index in [4.69, 9.17) is 5.73 Å². The lowest BCUT2D eigenvalue weighted by molar-refractivity contribution is -0.143. The van der Waals surface area contributed by atoms with Crippen molar-refractivity contribution in [3.63, 3.8) is 0 Å². The minimum Gasteiger partial charge on any atom is -0.481 e. The molecule has 0 fully saturated rings. The van der Waals surface area contributed by atoms with Crippen molar-refractivity contribution >= 4 is 5.97 Å². The molecule has 1 aromatic rings. The Labute approximate surface area is 96.3 Å². The number of carboxylic acids is 1. The number of carboxylic acid groups (broad SMARTS) is 1. The first-order valence-corrected chi connectivity index (χ1v) is 5.43. The third-order valence-electron chi connectivity index (χ3n) is 3.26. The highest BCUT2D eigenvalue weighted by Crippen LogP contribution is 2.29. The Morgan fingerprint density at radius 2 is 2.00 bits per heavy atom. The molecule has 1 atom stereocenters. The van der Waals surface area contributed by atoms with Crippen LogP contribution in [0.4, 0.5) is 0 Å². The summed E-state index contributed by atoms with van der Waals surface area (Å²) in [5.74, 6) is -0.818. The van der Waals surface area contributed by atoms with Crippen LogP contribution < -0.4 is 5.73 Å². The quantitative estimate of drug-likeness (QED) is 0.817. The molecule has 3 nitrogen and oxygen atoms in total. The lowest BCUT2D eigenvalue weighted by Crippen LogP contribution is -2.34. The first kappa shape index (κ1) is 12.7. The Kier molecular flexibility index (Phi) is 3.70. The predicted molar refractivity (Wildman–Crippen MR) is 64.6 cm³/mol. The zero-order valence-corrected chi connectivity index (χ0v) is 10.1. The Morgan fingerprint density at radius 1 is 1.38 bits per heavy atom. The number of hydrogen-bond acceptors (Lipinski definition) is 2. The van der Waals surface area contributed by atoms with Crippen molar-refractivity contribution in [2.24, 2.45) is 5.73 Å². The Bertz CT molecular complexity index is 401. The fraction of sp³-hybridized carbons (Fsp3) is 0.462. The highest BCUT2D eigenvalue weighted by Gasteiger charge is 2.34. The lowest BCUT2D eigenvalue weighted by Gasteiger charge is -2.25. The first-order valence-electron chi connectivity index (χ1n) is 5.43. The predicted octanol–water partition coefficient (Wildman–Crippen LogP) is 1.99. The first-order chi connectivity index (χ1) is 7.41. The second kappa shape index (κ2) is 4.66. The van der Waals surface area contributed by atoms with Crippen LogP contribution in [0.25, 0.3) is 0 Å². The average Bonchev–Trinajstić information content (AvgIpc) is 2.22. The third-order valence-corrected chi connectivity index (χ3v) is 3.26. The SMILES string of the molecule is Cc1ccc(C(C)(CCN)C(=O)O)cc1C. The second-order valence-electron chi connectivity index (χ2n) is 4.47. The average molecular weight is 221 g/mol. The van der Waals surface area contributed by atoms with Gasteiger partial charge in [-0.05, 0) is 50.4 Å². The molecule has 0 saturated carbocycles. The Balaban J connectivity index is 3.21. The van der Waals surface area contributed by atoms with Gasteiger partial charge >= 0.3 is 5.97 Å². The number of carbonyl (C=O) groups is 1. The summed E-state index contributed by atoms with van der Waals surface area (Å²) in [4.78, 5) is 11.4. The maximum atomic E-state index is 11.4. The van der Waals surface area contributed by atoms with Crippen molar-refractivity contribution in [1.82, 2.24) is 0 Å². The molecule has 88 valence electrons. The molecule has 1 aromatic carbocycles. The van der Waals surface area contributed by atoms with Crippen molar-refractivity contribution in [1.29, 1.82) is 0 Å². The van der Waals surface area contributed by atoms with Gasteiger partial charge in [-0.15, -0.1) is 0 Å². The molecule has 0 heterocycles. The van der Waals surface area contributed by atoms with Crippen LogP contribution in [0.1, 0.15) is 30.0 Å². The van der Waals surface area contributed by atoms with Gasteiger partial charge < -0.3 is 10.8 Å². The molecule has 0 radical (unpaired) electrons. The molecule has 0 aliphatic rings.